The van der Waals surface area contributed by atoms with Crippen LogP contribution in [-0.2, 0) is 17.8 Å². The van der Waals surface area contributed by atoms with Gasteiger partial charge in [-0.1, -0.05) is 24.6 Å². The summed E-state index contributed by atoms with van der Waals surface area (Å²) in [5.41, 5.74) is 1.60. The third-order valence-corrected chi connectivity index (χ3v) is 2.83. The van der Waals surface area contributed by atoms with Crippen LogP contribution in [0.25, 0.3) is 0 Å². The van der Waals surface area contributed by atoms with Gasteiger partial charge in [0.05, 0.1) is 22.8 Å². The maximum atomic E-state index is 11.6. The molecule has 0 amide bonds. The lowest BCUT2D eigenvalue weighted by Crippen LogP contribution is -2.07. The molecule has 1 aromatic heterocycles. The third kappa shape index (κ3) is 2.95. The summed E-state index contributed by atoms with van der Waals surface area (Å²) in [7, 11) is 0. The fraction of sp³-hybridized carbons (Fsp3) is 0.500. The summed E-state index contributed by atoms with van der Waals surface area (Å²) in [6.07, 6.45) is 4.66. The molecular weight excluding hydrogens is 224 g/mol. The van der Waals surface area contributed by atoms with Gasteiger partial charge in [0.2, 0.25) is 0 Å². The molecule has 0 aliphatic rings. The Balaban J connectivity index is 2.87. The summed E-state index contributed by atoms with van der Waals surface area (Å²) in [6, 6.07) is 0. The molecule has 1 heterocycles. The van der Waals surface area contributed by atoms with Gasteiger partial charge in [-0.15, -0.1) is 0 Å². The number of aryl methyl sites for hydroxylation is 2. The molecule has 1 rings (SSSR count). The van der Waals surface area contributed by atoms with Crippen LogP contribution < -0.4 is 0 Å². The number of rotatable bonds is 5. The first-order valence-corrected chi connectivity index (χ1v) is 5.89. The quantitative estimate of drug-likeness (QED) is 0.742. The lowest BCUT2D eigenvalue weighted by molar-refractivity contribution is -0.114. The van der Waals surface area contributed by atoms with E-state index >= 15 is 0 Å². The fourth-order valence-corrected chi connectivity index (χ4v) is 1.71. The smallest absolute Gasteiger partial charge is 0.161 e. The van der Waals surface area contributed by atoms with Crippen molar-refractivity contribution in [2.45, 2.75) is 40.2 Å². The summed E-state index contributed by atoms with van der Waals surface area (Å²) in [4.78, 5) is 11.6. The van der Waals surface area contributed by atoms with Crippen LogP contribution in [0.3, 0.4) is 0 Å². The number of carbonyl (C=O) groups excluding carboxylic acids is 1. The van der Waals surface area contributed by atoms with Crippen LogP contribution in [-0.4, -0.2) is 15.6 Å². The average Bonchev–Trinajstić information content (AvgIpc) is 2.54. The van der Waals surface area contributed by atoms with E-state index in [0.29, 0.717) is 11.4 Å². The number of nitrogens with zero attached hydrogens (tertiary/aromatic N) is 2. The van der Waals surface area contributed by atoms with Gasteiger partial charge in [0.25, 0.3) is 0 Å². The van der Waals surface area contributed by atoms with Gasteiger partial charge in [0, 0.05) is 6.54 Å². The molecule has 0 bridgehead atoms. The highest BCUT2D eigenvalue weighted by atomic mass is 35.5. The molecule has 0 aliphatic heterocycles. The number of ketones is 1. The summed E-state index contributed by atoms with van der Waals surface area (Å²) < 4.78 is 1.79. The normalized spacial score (nSPS) is 11.2. The summed E-state index contributed by atoms with van der Waals surface area (Å²) >= 11 is 6.11. The monoisotopic (exact) mass is 240 g/mol. The van der Waals surface area contributed by atoms with Crippen molar-refractivity contribution >= 4 is 17.4 Å². The Hall–Kier alpha value is -1.09. The van der Waals surface area contributed by atoms with Crippen LogP contribution in [0.5, 0.6) is 0 Å². The van der Waals surface area contributed by atoms with Crippen LogP contribution in [0, 0.1) is 6.92 Å². The van der Waals surface area contributed by atoms with E-state index in [4.69, 9.17) is 11.6 Å². The lowest BCUT2D eigenvalue weighted by atomic mass is 10.2. The second-order valence-corrected chi connectivity index (χ2v) is 3.99. The van der Waals surface area contributed by atoms with E-state index in [9.17, 15) is 4.79 Å². The first-order valence-electron chi connectivity index (χ1n) is 5.51. The first kappa shape index (κ1) is 13.0. The molecule has 0 aromatic carbocycles. The van der Waals surface area contributed by atoms with Crippen LogP contribution in [0.2, 0.25) is 5.02 Å². The van der Waals surface area contributed by atoms with Gasteiger partial charge in [-0.05, 0) is 26.3 Å². The molecular formula is C12H17ClN2O. The molecule has 3 nitrogen and oxygen atoms in total. The Morgan fingerprint density at radius 1 is 1.50 bits per heavy atom. The molecule has 0 unspecified atom stereocenters. The molecule has 0 aliphatic carbocycles. The largest absolute Gasteiger partial charge is 0.294 e. The van der Waals surface area contributed by atoms with Crippen molar-refractivity contribution < 1.29 is 4.79 Å². The molecule has 4 heteroatoms. The van der Waals surface area contributed by atoms with Gasteiger partial charge in [0.1, 0.15) is 0 Å². The topological polar surface area (TPSA) is 34.9 Å². The van der Waals surface area contributed by atoms with Gasteiger partial charge < -0.3 is 0 Å². The van der Waals surface area contributed by atoms with E-state index in [-0.39, 0.29) is 5.78 Å². The molecule has 16 heavy (non-hydrogen) atoms. The zero-order chi connectivity index (χ0) is 12.1. The number of carbonyl (C=O) groups is 1. The lowest BCUT2D eigenvalue weighted by Gasteiger charge is -2.02. The summed E-state index contributed by atoms with van der Waals surface area (Å²) in [5.74, 6) is 0.0679. The van der Waals surface area contributed by atoms with Gasteiger partial charge in [0.15, 0.2) is 5.78 Å². The number of allylic oxidation sites excluding steroid dienone is 2. The van der Waals surface area contributed by atoms with E-state index in [2.05, 4.69) is 5.10 Å². The molecule has 0 atom stereocenters. The number of halogens is 1. The third-order valence-electron chi connectivity index (χ3n) is 2.33. The van der Waals surface area contributed by atoms with Crippen molar-refractivity contribution in [3.05, 3.63) is 28.6 Å². The predicted molar refractivity (Wildman–Crippen MR) is 65.8 cm³/mol. The highest BCUT2D eigenvalue weighted by Gasteiger charge is 2.14. The second-order valence-electron chi connectivity index (χ2n) is 3.62. The van der Waals surface area contributed by atoms with Gasteiger partial charge in [-0.2, -0.15) is 5.10 Å². The minimum absolute atomic E-state index is 0.0679. The van der Waals surface area contributed by atoms with Crippen LogP contribution in [0.4, 0.5) is 0 Å². The van der Waals surface area contributed by atoms with E-state index in [0.717, 1.165) is 24.4 Å². The average molecular weight is 241 g/mol. The minimum atomic E-state index is 0.0679. The number of hydrogen-bond donors (Lipinski definition) is 0. The van der Waals surface area contributed by atoms with Crippen molar-refractivity contribution in [2.24, 2.45) is 0 Å². The highest BCUT2D eigenvalue weighted by Crippen LogP contribution is 2.20. The van der Waals surface area contributed by atoms with Crippen molar-refractivity contribution in [2.75, 3.05) is 0 Å². The van der Waals surface area contributed by atoms with Crippen molar-refractivity contribution in [1.82, 2.24) is 9.78 Å². The zero-order valence-electron chi connectivity index (χ0n) is 9.96. The zero-order valence-corrected chi connectivity index (χ0v) is 10.7. The number of aromatic nitrogens is 2. The predicted octanol–water partition coefficient (Wildman–Crippen LogP) is 2.94. The van der Waals surface area contributed by atoms with Crippen molar-refractivity contribution in [1.29, 1.82) is 0 Å². The van der Waals surface area contributed by atoms with Crippen LogP contribution in [0.1, 0.15) is 31.7 Å². The molecule has 88 valence electrons. The van der Waals surface area contributed by atoms with Gasteiger partial charge >= 0.3 is 0 Å². The maximum Gasteiger partial charge on any atom is 0.161 e. The van der Waals surface area contributed by atoms with E-state index in [1.54, 1.807) is 10.8 Å². The van der Waals surface area contributed by atoms with Crippen LogP contribution >= 0.6 is 11.6 Å². The van der Waals surface area contributed by atoms with Crippen molar-refractivity contribution in [3.8, 4) is 0 Å². The van der Waals surface area contributed by atoms with Crippen molar-refractivity contribution in [3.63, 3.8) is 0 Å². The standard InChI is InChI=1S/C12H17ClN2O/c1-4-6-7-10(16)8-11-12(13)9(3)14-15(11)5-2/h6-7H,4-5,8H2,1-3H3/b7-6+. The second kappa shape index (κ2) is 5.85. The Kier molecular flexibility index (Phi) is 4.74. The Labute approximate surface area is 101 Å². The van der Waals surface area contributed by atoms with E-state index in [1.807, 2.05) is 26.8 Å². The molecule has 0 saturated carbocycles. The Morgan fingerprint density at radius 2 is 2.19 bits per heavy atom. The van der Waals surface area contributed by atoms with Crippen LogP contribution in [0.15, 0.2) is 12.2 Å². The molecule has 0 N–H and O–H groups in total. The number of hydrogen-bond acceptors (Lipinski definition) is 2. The SMILES string of the molecule is CC/C=C/C(=O)Cc1c(Cl)c(C)nn1CC. The highest BCUT2D eigenvalue weighted by molar-refractivity contribution is 6.32. The summed E-state index contributed by atoms with van der Waals surface area (Å²) in [5, 5.41) is 4.88. The van der Waals surface area contributed by atoms with E-state index in [1.165, 1.54) is 0 Å². The van der Waals surface area contributed by atoms with Gasteiger partial charge in [-0.25, -0.2) is 0 Å². The molecule has 0 spiro atoms. The molecule has 0 radical (unpaired) electrons. The first-order chi connectivity index (χ1) is 7.60. The fourth-order valence-electron chi connectivity index (χ4n) is 1.51. The Bertz CT molecular complexity index is 407. The van der Waals surface area contributed by atoms with E-state index < -0.39 is 0 Å². The Morgan fingerprint density at radius 3 is 2.75 bits per heavy atom. The van der Waals surface area contributed by atoms with Gasteiger partial charge in [-0.3, -0.25) is 9.48 Å². The molecule has 0 saturated heterocycles. The molecule has 1 aromatic rings. The molecule has 0 fully saturated rings. The maximum absolute atomic E-state index is 11.6. The summed E-state index contributed by atoms with van der Waals surface area (Å²) in [6.45, 7) is 6.56. The minimum Gasteiger partial charge on any atom is -0.294 e.